The van der Waals surface area contributed by atoms with Gasteiger partial charge in [-0.2, -0.15) is 0 Å². The smallest absolute Gasteiger partial charge is 0.349 e. The Bertz CT molecular complexity index is 1130. The Morgan fingerprint density at radius 1 is 0.906 bits per heavy atom. The number of hydrogen-bond donors (Lipinski definition) is 0. The minimum absolute atomic E-state index is 0.331. The van der Waals surface area contributed by atoms with Crippen LogP contribution in [0, 0.1) is 0 Å². The van der Waals surface area contributed by atoms with E-state index >= 15 is 0 Å². The molecule has 164 valence electrons. The molecule has 0 spiro atoms. The van der Waals surface area contributed by atoms with Crippen molar-refractivity contribution in [1.29, 1.82) is 0 Å². The topological polar surface area (TPSA) is 96.7 Å². The van der Waals surface area contributed by atoms with E-state index < -0.39 is 42.2 Å². The van der Waals surface area contributed by atoms with Crippen molar-refractivity contribution in [2.75, 3.05) is 0 Å². The Labute approximate surface area is 184 Å². The maximum atomic E-state index is 12.8. The minimum atomic E-state index is -1.05. The summed E-state index contributed by atoms with van der Waals surface area (Å²) in [6.07, 6.45) is -0.228. The SMILES string of the molecule is CC[C@H]1O[C@@H](n2cccnc2=O)C(OC(=O)c2ccccc2)[C@H]1OC(=O)c1ccccc1. The van der Waals surface area contributed by atoms with Crippen LogP contribution in [0.15, 0.2) is 83.9 Å². The molecule has 0 aliphatic carbocycles. The summed E-state index contributed by atoms with van der Waals surface area (Å²) in [4.78, 5) is 41.7. The van der Waals surface area contributed by atoms with Crippen LogP contribution in [0.4, 0.5) is 0 Å². The van der Waals surface area contributed by atoms with Crippen LogP contribution in [-0.2, 0) is 14.2 Å². The van der Waals surface area contributed by atoms with Crippen molar-refractivity contribution in [3.63, 3.8) is 0 Å². The fraction of sp³-hybridized carbons (Fsp3) is 0.250. The number of carbonyl (C=O) groups is 2. The number of carbonyl (C=O) groups excluding carboxylic acids is 2. The Balaban J connectivity index is 1.68. The second-order valence-electron chi connectivity index (χ2n) is 7.25. The number of ether oxygens (including phenoxy) is 3. The van der Waals surface area contributed by atoms with Crippen LogP contribution in [0.25, 0.3) is 0 Å². The molecule has 8 heteroatoms. The number of hydrogen-bond acceptors (Lipinski definition) is 7. The molecule has 1 unspecified atom stereocenters. The number of aromatic nitrogens is 2. The zero-order valence-corrected chi connectivity index (χ0v) is 17.4. The quantitative estimate of drug-likeness (QED) is 0.550. The van der Waals surface area contributed by atoms with Crippen LogP contribution >= 0.6 is 0 Å². The minimum Gasteiger partial charge on any atom is -0.452 e. The Hall–Kier alpha value is -3.78. The molecule has 0 amide bonds. The van der Waals surface area contributed by atoms with Gasteiger partial charge in [0.05, 0.1) is 11.1 Å². The molecule has 2 aromatic carbocycles. The largest absolute Gasteiger partial charge is 0.452 e. The summed E-state index contributed by atoms with van der Waals surface area (Å²) in [5, 5.41) is 0. The summed E-state index contributed by atoms with van der Waals surface area (Å²) >= 11 is 0. The van der Waals surface area contributed by atoms with Gasteiger partial charge in [0.25, 0.3) is 0 Å². The second-order valence-corrected chi connectivity index (χ2v) is 7.25. The van der Waals surface area contributed by atoms with Crippen molar-refractivity contribution in [1.82, 2.24) is 9.55 Å². The van der Waals surface area contributed by atoms with Crippen molar-refractivity contribution in [3.05, 3.63) is 101 Å². The van der Waals surface area contributed by atoms with Crippen LogP contribution < -0.4 is 5.69 Å². The molecule has 32 heavy (non-hydrogen) atoms. The van der Waals surface area contributed by atoms with Crippen molar-refractivity contribution < 1.29 is 23.8 Å². The summed E-state index contributed by atoms with van der Waals surface area (Å²) < 4.78 is 18.8. The van der Waals surface area contributed by atoms with E-state index in [9.17, 15) is 14.4 Å². The number of nitrogens with zero attached hydrogens (tertiary/aromatic N) is 2. The highest BCUT2D eigenvalue weighted by Gasteiger charge is 2.50. The predicted octanol–water partition coefficient (Wildman–Crippen LogP) is 3.00. The highest BCUT2D eigenvalue weighted by Crippen LogP contribution is 2.35. The van der Waals surface area contributed by atoms with E-state index in [4.69, 9.17) is 14.2 Å². The third-order valence-corrected chi connectivity index (χ3v) is 5.21. The molecule has 2 heterocycles. The van der Waals surface area contributed by atoms with Gasteiger partial charge in [0, 0.05) is 12.4 Å². The van der Waals surface area contributed by atoms with E-state index in [2.05, 4.69) is 4.98 Å². The summed E-state index contributed by atoms with van der Waals surface area (Å²) in [6, 6.07) is 18.5. The van der Waals surface area contributed by atoms with Crippen molar-refractivity contribution >= 4 is 11.9 Å². The van der Waals surface area contributed by atoms with Crippen LogP contribution in [-0.4, -0.2) is 39.8 Å². The van der Waals surface area contributed by atoms with Crippen LogP contribution in [0.3, 0.4) is 0 Å². The van der Waals surface area contributed by atoms with Crippen LogP contribution in [0.1, 0.15) is 40.3 Å². The third-order valence-electron chi connectivity index (χ3n) is 5.21. The van der Waals surface area contributed by atoms with E-state index in [-0.39, 0.29) is 0 Å². The van der Waals surface area contributed by atoms with Crippen LogP contribution in [0.2, 0.25) is 0 Å². The fourth-order valence-corrected chi connectivity index (χ4v) is 3.62. The normalized spacial score (nSPS) is 22.3. The number of rotatable bonds is 6. The zero-order valence-electron chi connectivity index (χ0n) is 17.4. The first-order valence-corrected chi connectivity index (χ1v) is 10.3. The summed E-state index contributed by atoms with van der Waals surface area (Å²) in [7, 11) is 0. The van der Waals surface area contributed by atoms with E-state index in [1.807, 2.05) is 6.92 Å². The molecule has 8 nitrogen and oxygen atoms in total. The first-order chi connectivity index (χ1) is 15.6. The predicted molar refractivity (Wildman–Crippen MR) is 114 cm³/mol. The van der Waals surface area contributed by atoms with E-state index in [0.29, 0.717) is 17.5 Å². The second kappa shape index (κ2) is 9.57. The lowest BCUT2D eigenvalue weighted by Crippen LogP contribution is -2.41. The third kappa shape index (κ3) is 4.45. The van der Waals surface area contributed by atoms with Gasteiger partial charge in [-0.3, -0.25) is 4.57 Å². The average Bonchev–Trinajstić information content (AvgIpc) is 3.17. The van der Waals surface area contributed by atoms with Crippen molar-refractivity contribution in [3.8, 4) is 0 Å². The number of benzene rings is 2. The van der Waals surface area contributed by atoms with Gasteiger partial charge in [-0.15, -0.1) is 0 Å². The average molecular weight is 434 g/mol. The lowest BCUT2D eigenvalue weighted by Gasteiger charge is -2.24. The zero-order chi connectivity index (χ0) is 22.5. The first kappa shape index (κ1) is 21.5. The molecule has 1 fully saturated rings. The summed E-state index contributed by atoms with van der Waals surface area (Å²) in [5.74, 6) is -1.18. The van der Waals surface area contributed by atoms with E-state index in [1.165, 1.54) is 17.0 Å². The highest BCUT2D eigenvalue weighted by atomic mass is 16.6. The monoisotopic (exact) mass is 434 g/mol. The standard InChI is InChI=1S/C24H22N2O6/c1-2-18-19(31-22(27)16-10-5-3-6-11-16)20(32-23(28)17-12-7-4-8-13-17)21(30-18)26-15-9-14-25-24(26)29/h3-15,18-21H,2H2,1H3/t18-,19+,20?,21-/m1/s1. The van der Waals surface area contributed by atoms with Gasteiger partial charge >= 0.3 is 17.6 Å². The molecule has 1 aromatic heterocycles. The Kier molecular flexibility index (Phi) is 6.42. The first-order valence-electron chi connectivity index (χ1n) is 10.3. The molecule has 0 radical (unpaired) electrons. The van der Waals surface area contributed by atoms with Gasteiger partial charge in [-0.25, -0.2) is 19.4 Å². The van der Waals surface area contributed by atoms with Gasteiger partial charge in [-0.1, -0.05) is 43.3 Å². The molecule has 1 aliphatic heterocycles. The Morgan fingerprint density at radius 3 is 2.00 bits per heavy atom. The molecular weight excluding hydrogens is 412 g/mol. The molecule has 1 aliphatic rings. The van der Waals surface area contributed by atoms with E-state index in [0.717, 1.165) is 0 Å². The van der Waals surface area contributed by atoms with Crippen LogP contribution in [0.5, 0.6) is 0 Å². The number of esters is 2. The molecule has 0 N–H and O–H groups in total. The maximum Gasteiger partial charge on any atom is 0.349 e. The lowest BCUT2D eigenvalue weighted by molar-refractivity contribution is -0.0526. The van der Waals surface area contributed by atoms with Gasteiger partial charge < -0.3 is 14.2 Å². The van der Waals surface area contributed by atoms with Gasteiger partial charge in [0.15, 0.2) is 18.4 Å². The van der Waals surface area contributed by atoms with Gasteiger partial charge in [0.1, 0.15) is 6.10 Å². The lowest BCUT2D eigenvalue weighted by atomic mass is 10.1. The Morgan fingerprint density at radius 2 is 1.47 bits per heavy atom. The molecule has 4 rings (SSSR count). The summed E-state index contributed by atoms with van der Waals surface area (Å²) in [6.45, 7) is 1.86. The van der Waals surface area contributed by atoms with Gasteiger partial charge in [-0.05, 0) is 36.8 Å². The maximum absolute atomic E-state index is 12.8. The van der Waals surface area contributed by atoms with Crippen molar-refractivity contribution in [2.45, 2.75) is 37.9 Å². The highest BCUT2D eigenvalue weighted by molar-refractivity contribution is 5.90. The molecule has 3 aromatic rings. The fourth-order valence-electron chi connectivity index (χ4n) is 3.62. The van der Waals surface area contributed by atoms with Gasteiger partial charge in [0.2, 0.25) is 0 Å². The molecule has 0 bridgehead atoms. The molecule has 4 atom stereocenters. The summed E-state index contributed by atoms with van der Waals surface area (Å²) in [5.41, 5.74) is 0.124. The molecular formula is C24H22N2O6. The van der Waals surface area contributed by atoms with Crippen molar-refractivity contribution in [2.24, 2.45) is 0 Å². The van der Waals surface area contributed by atoms with E-state index in [1.54, 1.807) is 66.7 Å². The molecule has 1 saturated heterocycles. The molecule has 0 saturated carbocycles.